The summed E-state index contributed by atoms with van der Waals surface area (Å²) in [7, 11) is 0. The summed E-state index contributed by atoms with van der Waals surface area (Å²) in [5.74, 6) is -0.266. The summed E-state index contributed by atoms with van der Waals surface area (Å²) in [4.78, 5) is 43.2. The molecule has 1 atom stereocenters. The zero-order valence-electron chi connectivity index (χ0n) is 16.6. The third-order valence-electron chi connectivity index (χ3n) is 5.10. The van der Waals surface area contributed by atoms with E-state index in [1.54, 1.807) is 37.6 Å². The van der Waals surface area contributed by atoms with Crippen LogP contribution >= 0.6 is 0 Å². The zero-order chi connectivity index (χ0) is 21.3. The molecule has 0 aliphatic heterocycles. The van der Waals surface area contributed by atoms with Gasteiger partial charge in [-0.3, -0.25) is 14.4 Å². The highest BCUT2D eigenvalue weighted by atomic mass is 16.2. The molecule has 0 saturated carbocycles. The molecule has 2 N–H and O–H groups in total. The van der Waals surface area contributed by atoms with Crippen LogP contribution in [0.25, 0.3) is 16.7 Å². The van der Waals surface area contributed by atoms with Crippen LogP contribution in [0.2, 0.25) is 0 Å². The molecule has 4 rings (SSSR count). The maximum atomic E-state index is 12.7. The standard InChI is InChI=1S/C22H21N5O3/c1-3-27-19-9-6-16(12-18(19)25-21(29)22(27)30)20(28)24-14(2)15-4-7-17(8-5-15)26-11-10-23-13-26/h4-14H,3H2,1-2H3,(H,24,28)(H,25,29)/t14-/m0/s1. The van der Waals surface area contributed by atoms with Gasteiger partial charge >= 0.3 is 11.1 Å². The summed E-state index contributed by atoms with van der Waals surface area (Å²) >= 11 is 0. The predicted octanol–water partition coefficient (Wildman–Crippen LogP) is 2.39. The van der Waals surface area contributed by atoms with E-state index in [1.165, 1.54) is 4.57 Å². The number of nitrogens with zero attached hydrogens (tertiary/aromatic N) is 3. The second-order valence-electron chi connectivity index (χ2n) is 6.99. The Morgan fingerprint density at radius 1 is 1.17 bits per heavy atom. The molecule has 0 aliphatic carbocycles. The SMILES string of the molecule is CCn1c(=O)c(=O)[nH]c2cc(C(=O)N[C@@H](C)c3ccc(-n4ccnc4)cc3)ccc21. The minimum Gasteiger partial charge on any atom is -0.346 e. The first-order valence-corrected chi connectivity index (χ1v) is 9.64. The lowest BCUT2D eigenvalue weighted by atomic mass is 10.1. The molecule has 0 spiro atoms. The molecule has 4 aromatic rings. The molecule has 1 amide bonds. The number of aryl methyl sites for hydroxylation is 1. The van der Waals surface area contributed by atoms with Gasteiger partial charge in [-0.2, -0.15) is 0 Å². The number of rotatable bonds is 5. The fourth-order valence-corrected chi connectivity index (χ4v) is 3.44. The fraction of sp³-hybridized carbons (Fsp3) is 0.182. The summed E-state index contributed by atoms with van der Waals surface area (Å²) in [6, 6.07) is 12.5. The van der Waals surface area contributed by atoms with Crippen molar-refractivity contribution in [2.75, 3.05) is 0 Å². The van der Waals surface area contributed by atoms with Gasteiger partial charge in [0.05, 0.1) is 23.4 Å². The van der Waals surface area contributed by atoms with Crippen LogP contribution in [0.1, 0.15) is 35.8 Å². The van der Waals surface area contributed by atoms with Crippen LogP contribution in [-0.2, 0) is 6.54 Å². The molecule has 0 saturated heterocycles. The van der Waals surface area contributed by atoms with Gasteiger partial charge < -0.3 is 19.4 Å². The van der Waals surface area contributed by atoms with E-state index in [4.69, 9.17) is 0 Å². The normalized spacial score (nSPS) is 12.1. The lowest BCUT2D eigenvalue weighted by Crippen LogP contribution is -2.36. The Morgan fingerprint density at radius 3 is 2.60 bits per heavy atom. The van der Waals surface area contributed by atoms with Crippen LogP contribution in [0.15, 0.2) is 70.8 Å². The molecule has 2 heterocycles. The van der Waals surface area contributed by atoms with Gasteiger partial charge in [-0.05, 0) is 49.7 Å². The zero-order valence-corrected chi connectivity index (χ0v) is 16.6. The Balaban J connectivity index is 1.56. The average molecular weight is 403 g/mol. The van der Waals surface area contributed by atoms with E-state index in [1.807, 2.05) is 42.0 Å². The molecule has 8 nitrogen and oxygen atoms in total. The molecule has 0 unspecified atom stereocenters. The van der Waals surface area contributed by atoms with Crippen LogP contribution in [0, 0.1) is 0 Å². The van der Waals surface area contributed by atoms with Crippen molar-refractivity contribution in [3.8, 4) is 5.69 Å². The van der Waals surface area contributed by atoms with Crippen LogP contribution in [0.5, 0.6) is 0 Å². The van der Waals surface area contributed by atoms with E-state index in [9.17, 15) is 14.4 Å². The van der Waals surface area contributed by atoms with Crippen molar-refractivity contribution >= 4 is 16.9 Å². The number of carbonyl (C=O) groups excluding carboxylic acids is 1. The van der Waals surface area contributed by atoms with Gasteiger partial charge in [-0.1, -0.05) is 12.1 Å². The highest BCUT2D eigenvalue weighted by molar-refractivity contribution is 5.97. The summed E-state index contributed by atoms with van der Waals surface area (Å²) in [5, 5.41) is 2.97. The number of carbonyl (C=O) groups is 1. The minimum absolute atomic E-state index is 0.214. The Kier molecular flexibility index (Phi) is 5.05. The van der Waals surface area contributed by atoms with Crippen LogP contribution in [0.3, 0.4) is 0 Å². The number of fused-ring (bicyclic) bond motifs is 1. The van der Waals surface area contributed by atoms with Gasteiger partial charge in [0.1, 0.15) is 0 Å². The number of imidazole rings is 1. The molecule has 30 heavy (non-hydrogen) atoms. The van der Waals surface area contributed by atoms with E-state index in [-0.39, 0.29) is 11.9 Å². The van der Waals surface area contributed by atoms with Gasteiger partial charge in [-0.15, -0.1) is 0 Å². The number of amides is 1. The number of benzene rings is 2. The summed E-state index contributed by atoms with van der Waals surface area (Å²) in [6.45, 7) is 4.07. The topological polar surface area (TPSA) is 102 Å². The first-order valence-electron chi connectivity index (χ1n) is 9.64. The largest absolute Gasteiger partial charge is 0.346 e. The van der Waals surface area contributed by atoms with Crippen molar-refractivity contribution in [2.24, 2.45) is 0 Å². The first kappa shape index (κ1) is 19.4. The molecule has 2 aromatic heterocycles. The van der Waals surface area contributed by atoms with Crippen molar-refractivity contribution in [1.82, 2.24) is 24.4 Å². The van der Waals surface area contributed by atoms with E-state index in [0.29, 0.717) is 23.1 Å². The second kappa shape index (κ2) is 7.82. The minimum atomic E-state index is -0.701. The van der Waals surface area contributed by atoms with Gasteiger partial charge in [0.2, 0.25) is 0 Å². The molecule has 0 fully saturated rings. The predicted molar refractivity (Wildman–Crippen MR) is 114 cm³/mol. The van der Waals surface area contributed by atoms with Gasteiger partial charge in [0.25, 0.3) is 5.91 Å². The maximum absolute atomic E-state index is 12.7. The summed E-state index contributed by atoms with van der Waals surface area (Å²) in [6.07, 6.45) is 5.30. The van der Waals surface area contributed by atoms with Gasteiger partial charge in [0.15, 0.2) is 0 Å². The second-order valence-corrected chi connectivity index (χ2v) is 6.99. The highest BCUT2D eigenvalue weighted by Crippen LogP contribution is 2.17. The van der Waals surface area contributed by atoms with Crippen LogP contribution < -0.4 is 16.4 Å². The van der Waals surface area contributed by atoms with Gasteiger partial charge in [-0.25, -0.2) is 4.98 Å². The van der Waals surface area contributed by atoms with E-state index in [2.05, 4.69) is 15.3 Å². The fourth-order valence-electron chi connectivity index (χ4n) is 3.44. The van der Waals surface area contributed by atoms with Crippen LogP contribution in [0.4, 0.5) is 0 Å². The van der Waals surface area contributed by atoms with E-state index >= 15 is 0 Å². The first-order chi connectivity index (χ1) is 14.5. The van der Waals surface area contributed by atoms with Crippen molar-refractivity contribution in [3.05, 3.63) is 93.0 Å². The third kappa shape index (κ3) is 3.55. The highest BCUT2D eigenvalue weighted by Gasteiger charge is 2.14. The number of hydrogen-bond donors (Lipinski definition) is 2. The maximum Gasteiger partial charge on any atom is 0.316 e. The lowest BCUT2D eigenvalue weighted by molar-refractivity contribution is 0.0940. The molecular weight excluding hydrogens is 382 g/mol. The van der Waals surface area contributed by atoms with Gasteiger partial charge in [0, 0.05) is 30.2 Å². The van der Waals surface area contributed by atoms with Crippen LogP contribution in [-0.4, -0.2) is 25.0 Å². The number of nitrogens with one attached hydrogen (secondary N) is 2. The quantitative estimate of drug-likeness (QED) is 0.500. The van der Waals surface area contributed by atoms with E-state index in [0.717, 1.165) is 11.3 Å². The monoisotopic (exact) mass is 403 g/mol. The smallest absolute Gasteiger partial charge is 0.316 e. The number of aromatic amines is 1. The van der Waals surface area contributed by atoms with Crippen molar-refractivity contribution in [1.29, 1.82) is 0 Å². The Morgan fingerprint density at radius 2 is 1.93 bits per heavy atom. The van der Waals surface area contributed by atoms with Crippen molar-refractivity contribution in [3.63, 3.8) is 0 Å². The number of aromatic nitrogens is 4. The van der Waals surface area contributed by atoms with E-state index < -0.39 is 11.1 Å². The Labute approximate surface area is 171 Å². The molecular formula is C22H21N5O3. The Hall–Kier alpha value is -3.94. The number of H-pyrrole nitrogens is 1. The van der Waals surface area contributed by atoms with Crippen molar-refractivity contribution in [2.45, 2.75) is 26.4 Å². The summed E-state index contributed by atoms with van der Waals surface area (Å²) < 4.78 is 3.29. The molecule has 0 radical (unpaired) electrons. The Bertz CT molecular complexity index is 1320. The molecule has 0 aliphatic rings. The summed E-state index contributed by atoms with van der Waals surface area (Å²) in [5.41, 5.74) is 2.08. The molecule has 0 bridgehead atoms. The van der Waals surface area contributed by atoms with Crippen molar-refractivity contribution < 1.29 is 4.79 Å². The lowest BCUT2D eigenvalue weighted by Gasteiger charge is -2.16. The number of hydrogen-bond acceptors (Lipinski definition) is 4. The third-order valence-corrected chi connectivity index (χ3v) is 5.10. The average Bonchev–Trinajstić information content (AvgIpc) is 3.29. The molecule has 152 valence electrons. The molecule has 2 aromatic carbocycles. The molecule has 8 heteroatoms.